The summed E-state index contributed by atoms with van der Waals surface area (Å²) in [4.78, 5) is 4.75. The summed E-state index contributed by atoms with van der Waals surface area (Å²) < 4.78 is 21.8. The minimum absolute atomic E-state index is 0.223. The third-order valence-electron chi connectivity index (χ3n) is 3.87. The number of aromatic nitrogens is 1. The third kappa shape index (κ3) is 2.21. The Bertz CT molecular complexity index is 892. The Balaban J connectivity index is 1.92. The number of pyridine rings is 1. The monoisotopic (exact) mass is 309 g/mol. The minimum atomic E-state index is 0.223. The molecule has 1 aliphatic rings. The first-order valence-corrected chi connectivity index (χ1v) is 7.22. The summed E-state index contributed by atoms with van der Waals surface area (Å²) in [7, 11) is 3.27. The van der Waals surface area contributed by atoms with Crippen LogP contribution in [0.3, 0.4) is 0 Å². The number of nitrogens with zero attached hydrogens (tertiary/aromatic N) is 1. The van der Waals surface area contributed by atoms with E-state index in [2.05, 4.69) is 0 Å². The van der Waals surface area contributed by atoms with E-state index in [1.54, 1.807) is 14.2 Å². The van der Waals surface area contributed by atoms with Crippen molar-refractivity contribution >= 4 is 10.9 Å². The third-order valence-corrected chi connectivity index (χ3v) is 3.87. The molecule has 0 spiro atoms. The van der Waals surface area contributed by atoms with Crippen molar-refractivity contribution in [2.24, 2.45) is 0 Å². The maximum absolute atomic E-state index is 5.49. The SMILES string of the molecule is COc1cc2c(cc1-c1ccc3cccc(OC)c3n1)OCO2. The van der Waals surface area contributed by atoms with Crippen LogP contribution in [-0.2, 0) is 0 Å². The van der Waals surface area contributed by atoms with E-state index in [-0.39, 0.29) is 6.79 Å². The van der Waals surface area contributed by atoms with Gasteiger partial charge in [0.1, 0.15) is 17.0 Å². The molecule has 0 atom stereocenters. The summed E-state index contributed by atoms with van der Waals surface area (Å²) in [5, 5.41) is 1.02. The predicted molar refractivity (Wildman–Crippen MR) is 86.4 cm³/mol. The Labute approximate surface area is 133 Å². The van der Waals surface area contributed by atoms with Gasteiger partial charge in [0.2, 0.25) is 6.79 Å². The van der Waals surface area contributed by atoms with E-state index in [0.717, 1.165) is 27.9 Å². The van der Waals surface area contributed by atoms with Crippen molar-refractivity contribution in [1.82, 2.24) is 4.98 Å². The van der Waals surface area contributed by atoms with Crippen molar-refractivity contribution in [3.63, 3.8) is 0 Å². The van der Waals surface area contributed by atoms with Crippen LogP contribution in [0.1, 0.15) is 0 Å². The zero-order chi connectivity index (χ0) is 15.8. The van der Waals surface area contributed by atoms with Gasteiger partial charge in [0.05, 0.1) is 19.9 Å². The molecule has 0 N–H and O–H groups in total. The van der Waals surface area contributed by atoms with Crippen molar-refractivity contribution in [2.45, 2.75) is 0 Å². The molecule has 4 rings (SSSR count). The molecule has 0 aliphatic carbocycles. The molecule has 116 valence electrons. The molecular formula is C18H15NO4. The van der Waals surface area contributed by atoms with E-state index >= 15 is 0 Å². The maximum atomic E-state index is 5.49. The maximum Gasteiger partial charge on any atom is 0.231 e. The molecule has 0 bridgehead atoms. The quantitative estimate of drug-likeness (QED) is 0.739. The van der Waals surface area contributed by atoms with Crippen molar-refractivity contribution in [3.05, 3.63) is 42.5 Å². The van der Waals surface area contributed by atoms with Crippen LogP contribution in [0.5, 0.6) is 23.0 Å². The average molecular weight is 309 g/mol. The minimum Gasteiger partial charge on any atom is -0.496 e. The van der Waals surface area contributed by atoms with Gasteiger partial charge in [0, 0.05) is 17.0 Å². The van der Waals surface area contributed by atoms with Gasteiger partial charge in [-0.1, -0.05) is 18.2 Å². The van der Waals surface area contributed by atoms with Crippen molar-refractivity contribution in [2.75, 3.05) is 21.0 Å². The highest BCUT2D eigenvalue weighted by atomic mass is 16.7. The first kappa shape index (κ1) is 13.7. The molecule has 5 nitrogen and oxygen atoms in total. The summed E-state index contributed by atoms with van der Waals surface area (Å²) in [5.41, 5.74) is 2.45. The molecule has 1 aliphatic heterocycles. The van der Waals surface area contributed by atoms with Crippen LogP contribution < -0.4 is 18.9 Å². The van der Waals surface area contributed by atoms with E-state index in [1.807, 2.05) is 42.5 Å². The number of rotatable bonds is 3. The highest BCUT2D eigenvalue weighted by molar-refractivity contribution is 5.87. The molecule has 0 saturated carbocycles. The number of hydrogen-bond acceptors (Lipinski definition) is 5. The van der Waals surface area contributed by atoms with Gasteiger partial charge in [-0.25, -0.2) is 4.98 Å². The number of hydrogen-bond donors (Lipinski definition) is 0. The number of ether oxygens (including phenoxy) is 4. The Kier molecular flexibility index (Phi) is 3.19. The molecule has 2 aromatic carbocycles. The van der Waals surface area contributed by atoms with Gasteiger partial charge < -0.3 is 18.9 Å². The highest BCUT2D eigenvalue weighted by Gasteiger charge is 2.19. The zero-order valence-corrected chi connectivity index (χ0v) is 12.8. The van der Waals surface area contributed by atoms with Gasteiger partial charge in [-0.2, -0.15) is 0 Å². The van der Waals surface area contributed by atoms with Crippen molar-refractivity contribution in [1.29, 1.82) is 0 Å². The lowest BCUT2D eigenvalue weighted by atomic mass is 10.1. The summed E-state index contributed by atoms with van der Waals surface area (Å²) in [6.07, 6.45) is 0. The van der Waals surface area contributed by atoms with Gasteiger partial charge in [0.25, 0.3) is 0 Å². The molecule has 0 fully saturated rings. The van der Waals surface area contributed by atoms with Gasteiger partial charge in [-0.3, -0.25) is 0 Å². The molecule has 5 heteroatoms. The number of methoxy groups -OCH3 is 2. The molecular weight excluding hydrogens is 294 g/mol. The Morgan fingerprint density at radius 3 is 2.48 bits per heavy atom. The number of benzene rings is 2. The van der Waals surface area contributed by atoms with Crippen LogP contribution in [0.4, 0.5) is 0 Å². The lowest BCUT2D eigenvalue weighted by Crippen LogP contribution is -1.93. The summed E-state index contributed by atoms with van der Waals surface area (Å²) >= 11 is 0. The van der Waals surface area contributed by atoms with Gasteiger partial charge in [-0.15, -0.1) is 0 Å². The summed E-state index contributed by atoms with van der Waals surface area (Å²) in [6.45, 7) is 0.223. The molecule has 0 amide bonds. The topological polar surface area (TPSA) is 49.8 Å². The normalized spacial score (nSPS) is 12.4. The van der Waals surface area contributed by atoms with Crippen LogP contribution in [0, 0.1) is 0 Å². The van der Waals surface area contributed by atoms with Gasteiger partial charge in [0.15, 0.2) is 11.5 Å². The van der Waals surface area contributed by atoms with Crippen molar-refractivity contribution < 1.29 is 18.9 Å². The van der Waals surface area contributed by atoms with E-state index in [0.29, 0.717) is 17.2 Å². The largest absolute Gasteiger partial charge is 0.496 e. The van der Waals surface area contributed by atoms with E-state index in [9.17, 15) is 0 Å². The summed E-state index contributed by atoms with van der Waals surface area (Å²) in [6, 6.07) is 13.5. The smallest absolute Gasteiger partial charge is 0.231 e. The molecule has 3 aromatic rings. The number of fused-ring (bicyclic) bond motifs is 2. The van der Waals surface area contributed by atoms with Gasteiger partial charge in [-0.05, 0) is 18.2 Å². The number of para-hydroxylation sites is 1. The first-order valence-electron chi connectivity index (χ1n) is 7.22. The standard InChI is InChI=1S/C18H15NO4/c1-20-14-5-3-4-11-6-7-13(19-18(11)14)12-8-16-17(23-10-22-16)9-15(12)21-2/h3-9H,10H2,1-2H3. The fourth-order valence-corrected chi connectivity index (χ4v) is 2.73. The molecule has 23 heavy (non-hydrogen) atoms. The van der Waals surface area contributed by atoms with E-state index in [4.69, 9.17) is 23.9 Å². The van der Waals surface area contributed by atoms with E-state index in [1.165, 1.54) is 0 Å². The predicted octanol–water partition coefficient (Wildman–Crippen LogP) is 3.65. The van der Waals surface area contributed by atoms with Gasteiger partial charge >= 0.3 is 0 Å². The summed E-state index contributed by atoms with van der Waals surface area (Å²) in [5.74, 6) is 2.81. The lowest BCUT2D eigenvalue weighted by Gasteiger charge is -2.11. The lowest BCUT2D eigenvalue weighted by molar-refractivity contribution is 0.174. The van der Waals surface area contributed by atoms with Crippen LogP contribution in [0.2, 0.25) is 0 Å². The van der Waals surface area contributed by atoms with Crippen LogP contribution in [0.15, 0.2) is 42.5 Å². The molecule has 0 unspecified atom stereocenters. The molecule has 0 radical (unpaired) electrons. The second-order valence-electron chi connectivity index (χ2n) is 5.13. The second-order valence-corrected chi connectivity index (χ2v) is 5.13. The van der Waals surface area contributed by atoms with Crippen LogP contribution in [-0.4, -0.2) is 26.0 Å². The van der Waals surface area contributed by atoms with Crippen LogP contribution in [0.25, 0.3) is 22.2 Å². The molecule has 1 aromatic heterocycles. The zero-order valence-electron chi connectivity index (χ0n) is 12.8. The average Bonchev–Trinajstić information content (AvgIpc) is 3.06. The van der Waals surface area contributed by atoms with Crippen molar-refractivity contribution in [3.8, 4) is 34.3 Å². The first-order chi connectivity index (χ1) is 11.3. The Morgan fingerprint density at radius 1 is 0.913 bits per heavy atom. The fraction of sp³-hybridized carbons (Fsp3) is 0.167. The van der Waals surface area contributed by atoms with Crippen LogP contribution >= 0.6 is 0 Å². The highest BCUT2D eigenvalue weighted by Crippen LogP contribution is 2.42. The second kappa shape index (κ2) is 5.35. The Morgan fingerprint density at radius 2 is 1.70 bits per heavy atom. The fourth-order valence-electron chi connectivity index (χ4n) is 2.73. The Hall–Kier alpha value is -2.95. The molecule has 0 saturated heterocycles. The van der Waals surface area contributed by atoms with E-state index < -0.39 is 0 Å². The molecule has 2 heterocycles.